The summed E-state index contributed by atoms with van der Waals surface area (Å²) in [5.41, 5.74) is 1.42. The minimum Gasteiger partial charge on any atom is -0.348 e. The summed E-state index contributed by atoms with van der Waals surface area (Å²) >= 11 is 0. The Morgan fingerprint density at radius 2 is 2.00 bits per heavy atom. The summed E-state index contributed by atoms with van der Waals surface area (Å²) in [6.45, 7) is 0. The number of para-hydroxylation sites is 1. The van der Waals surface area contributed by atoms with E-state index in [0.717, 1.165) is 24.9 Å². The van der Waals surface area contributed by atoms with E-state index in [0.29, 0.717) is 11.7 Å². The van der Waals surface area contributed by atoms with Crippen molar-refractivity contribution in [3.8, 4) is 5.69 Å². The van der Waals surface area contributed by atoms with Crippen LogP contribution in [0.5, 0.6) is 0 Å². The van der Waals surface area contributed by atoms with Crippen LogP contribution in [-0.4, -0.2) is 46.8 Å². The summed E-state index contributed by atoms with van der Waals surface area (Å²) in [6.07, 6.45) is 5.00. The monoisotopic (exact) mass is 298 g/mol. The first-order valence-electron chi connectivity index (χ1n) is 7.72. The van der Waals surface area contributed by atoms with Gasteiger partial charge in [-0.1, -0.05) is 18.2 Å². The van der Waals surface area contributed by atoms with E-state index in [2.05, 4.69) is 29.4 Å². The van der Waals surface area contributed by atoms with E-state index in [1.807, 2.05) is 36.5 Å². The molecule has 0 aliphatic heterocycles. The Morgan fingerprint density at radius 3 is 2.68 bits per heavy atom. The third kappa shape index (κ3) is 3.20. The van der Waals surface area contributed by atoms with Crippen molar-refractivity contribution in [3.63, 3.8) is 0 Å². The van der Waals surface area contributed by atoms with Crippen molar-refractivity contribution in [1.82, 2.24) is 20.0 Å². The van der Waals surface area contributed by atoms with Crippen LogP contribution in [0.2, 0.25) is 0 Å². The first-order chi connectivity index (χ1) is 10.6. The van der Waals surface area contributed by atoms with Crippen molar-refractivity contribution >= 4 is 5.91 Å². The molecule has 1 N–H and O–H groups in total. The Hall–Kier alpha value is -2.14. The highest BCUT2D eigenvalue weighted by Crippen LogP contribution is 2.22. The third-order valence-electron chi connectivity index (χ3n) is 4.31. The number of nitrogens with one attached hydrogen (secondary N) is 1. The first-order valence-corrected chi connectivity index (χ1v) is 7.72. The van der Waals surface area contributed by atoms with Crippen LogP contribution in [-0.2, 0) is 0 Å². The molecule has 1 saturated carbocycles. The molecule has 116 valence electrons. The number of rotatable bonds is 4. The van der Waals surface area contributed by atoms with E-state index in [1.54, 1.807) is 10.7 Å². The number of amides is 1. The predicted molar refractivity (Wildman–Crippen MR) is 86.1 cm³/mol. The third-order valence-corrected chi connectivity index (χ3v) is 4.31. The number of aromatic nitrogens is 2. The molecule has 5 heteroatoms. The lowest BCUT2D eigenvalue weighted by Gasteiger charge is -2.19. The summed E-state index contributed by atoms with van der Waals surface area (Å²) in [7, 11) is 4.19. The Kier molecular flexibility index (Phi) is 4.24. The lowest BCUT2D eigenvalue weighted by atomic mass is 10.2. The van der Waals surface area contributed by atoms with Crippen LogP contribution in [0.25, 0.3) is 5.69 Å². The van der Waals surface area contributed by atoms with E-state index >= 15 is 0 Å². The van der Waals surface area contributed by atoms with Crippen LogP contribution >= 0.6 is 0 Å². The van der Waals surface area contributed by atoms with Gasteiger partial charge in [-0.2, -0.15) is 5.10 Å². The molecule has 1 fully saturated rings. The van der Waals surface area contributed by atoms with Gasteiger partial charge in [0, 0.05) is 18.3 Å². The van der Waals surface area contributed by atoms with Crippen molar-refractivity contribution < 1.29 is 4.79 Å². The molecular formula is C17H22N4O. The van der Waals surface area contributed by atoms with Gasteiger partial charge in [0.25, 0.3) is 5.91 Å². The maximum atomic E-state index is 12.3. The van der Waals surface area contributed by atoms with Crippen LogP contribution in [0.3, 0.4) is 0 Å². The summed E-state index contributed by atoms with van der Waals surface area (Å²) < 4.78 is 1.73. The minimum absolute atomic E-state index is 0.0842. The number of carbonyl (C=O) groups excluding carboxylic acids is 1. The molecular weight excluding hydrogens is 276 g/mol. The van der Waals surface area contributed by atoms with Crippen molar-refractivity contribution in [1.29, 1.82) is 0 Å². The summed E-state index contributed by atoms with van der Waals surface area (Å²) in [5.74, 6) is -0.0842. The molecule has 1 amide bonds. The van der Waals surface area contributed by atoms with Crippen LogP contribution in [0.15, 0.2) is 42.6 Å². The van der Waals surface area contributed by atoms with Crippen molar-refractivity contribution in [3.05, 3.63) is 48.3 Å². The summed E-state index contributed by atoms with van der Waals surface area (Å²) in [5, 5.41) is 7.47. The largest absolute Gasteiger partial charge is 0.348 e. The average molecular weight is 298 g/mol. The number of hydrogen-bond acceptors (Lipinski definition) is 3. The molecule has 5 nitrogen and oxygen atoms in total. The van der Waals surface area contributed by atoms with Crippen LogP contribution in [0.4, 0.5) is 0 Å². The van der Waals surface area contributed by atoms with E-state index in [-0.39, 0.29) is 11.9 Å². The van der Waals surface area contributed by atoms with E-state index in [1.165, 1.54) is 0 Å². The molecule has 0 radical (unpaired) electrons. The van der Waals surface area contributed by atoms with E-state index in [9.17, 15) is 4.79 Å². The average Bonchev–Trinajstić information content (AvgIpc) is 3.17. The van der Waals surface area contributed by atoms with Crippen molar-refractivity contribution in [2.45, 2.75) is 31.3 Å². The normalized spacial score (nSPS) is 21.2. The van der Waals surface area contributed by atoms with Gasteiger partial charge in [-0.15, -0.1) is 0 Å². The van der Waals surface area contributed by atoms with Gasteiger partial charge >= 0.3 is 0 Å². The summed E-state index contributed by atoms with van der Waals surface area (Å²) in [4.78, 5) is 14.6. The number of hydrogen-bond donors (Lipinski definition) is 1. The molecule has 1 aromatic heterocycles. The van der Waals surface area contributed by atoms with Gasteiger partial charge in [0.1, 0.15) is 0 Å². The lowest BCUT2D eigenvalue weighted by molar-refractivity contribution is 0.0931. The zero-order chi connectivity index (χ0) is 15.5. The SMILES string of the molecule is CN(C)[C@H]1CC[C@H](NC(=O)c2ccn(-c3ccccc3)n2)C1. The van der Waals surface area contributed by atoms with Crippen molar-refractivity contribution in [2.75, 3.05) is 14.1 Å². The highest BCUT2D eigenvalue weighted by atomic mass is 16.2. The molecule has 2 atom stereocenters. The second kappa shape index (κ2) is 6.32. The number of benzene rings is 1. The fraction of sp³-hybridized carbons (Fsp3) is 0.412. The first kappa shape index (κ1) is 14.8. The zero-order valence-electron chi connectivity index (χ0n) is 13.1. The fourth-order valence-corrected chi connectivity index (χ4v) is 2.99. The van der Waals surface area contributed by atoms with E-state index in [4.69, 9.17) is 0 Å². The molecule has 0 bridgehead atoms. The molecule has 1 aromatic carbocycles. The maximum Gasteiger partial charge on any atom is 0.272 e. The second-order valence-electron chi connectivity index (χ2n) is 6.08. The smallest absolute Gasteiger partial charge is 0.272 e. The Morgan fingerprint density at radius 1 is 1.23 bits per heavy atom. The number of carbonyl (C=O) groups is 1. The van der Waals surface area contributed by atoms with Gasteiger partial charge in [0.05, 0.1) is 5.69 Å². The Bertz CT molecular complexity index is 635. The van der Waals surface area contributed by atoms with Gasteiger partial charge < -0.3 is 10.2 Å². The fourth-order valence-electron chi connectivity index (χ4n) is 2.99. The number of nitrogens with zero attached hydrogens (tertiary/aromatic N) is 3. The molecule has 2 aromatic rings. The summed E-state index contributed by atoms with van der Waals surface area (Å²) in [6, 6.07) is 12.4. The quantitative estimate of drug-likeness (QED) is 0.940. The van der Waals surface area contributed by atoms with Gasteiger partial charge in [-0.05, 0) is 51.6 Å². The minimum atomic E-state index is -0.0842. The Balaban J connectivity index is 1.63. The molecule has 22 heavy (non-hydrogen) atoms. The van der Waals surface area contributed by atoms with Gasteiger partial charge in [-0.25, -0.2) is 4.68 Å². The van der Waals surface area contributed by atoms with Crippen LogP contribution in [0.1, 0.15) is 29.8 Å². The molecule has 0 unspecified atom stereocenters. The predicted octanol–water partition coefficient (Wildman–Crippen LogP) is 2.08. The van der Waals surface area contributed by atoms with Crippen LogP contribution in [0, 0.1) is 0 Å². The van der Waals surface area contributed by atoms with Gasteiger partial charge in [0.15, 0.2) is 5.69 Å². The topological polar surface area (TPSA) is 50.2 Å². The van der Waals surface area contributed by atoms with Gasteiger partial charge in [-0.3, -0.25) is 4.79 Å². The van der Waals surface area contributed by atoms with Crippen molar-refractivity contribution in [2.24, 2.45) is 0 Å². The molecule has 0 saturated heterocycles. The maximum absolute atomic E-state index is 12.3. The standard InChI is InChI=1S/C17H22N4O/c1-20(2)15-9-8-13(12-15)18-17(22)16-10-11-21(19-16)14-6-4-3-5-7-14/h3-7,10-11,13,15H,8-9,12H2,1-2H3,(H,18,22)/t13-,15-/m0/s1. The highest BCUT2D eigenvalue weighted by molar-refractivity contribution is 5.92. The lowest BCUT2D eigenvalue weighted by Crippen LogP contribution is -2.35. The molecule has 1 aliphatic rings. The Labute approximate surface area is 130 Å². The molecule has 1 heterocycles. The second-order valence-corrected chi connectivity index (χ2v) is 6.08. The highest BCUT2D eigenvalue weighted by Gasteiger charge is 2.27. The molecule has 3 rings (SSSR count). The van der Waals surface area contributed by atoms with Gasteiger partial charge in [0.2, 0.25) is 0 Å². The zero-order valence-corrected chi connectivity index (χ0v) is 13.1. The molecule has 1 aliphatic carbocycles. The van der Waals surface area contributed by atoms with Crippen LogP contribution < -0.4 is 5.32 Å². The van der Waals surface area contributed by atoms with E-state index < -0.39 is 0 Å². The molecule has 0 spiro atoms.